The second-order valence-corrected chi connectivity index (χ2v) is 4.47. The Labute approximate surface area is 126 Å². The molecule has 0 radical (unpaired) electrons. The average molecular weight is 335 g/mol. The summed E-state index contributed by atoms with van der Waals surface area (Å²) in [5.41, 5.74) is -0.985. The average Bonchev–Trinajstić information content (AvgIpc) is 2.90. The maximum Gasteiger partial charge on any atom is 0.432 e. The highest BCUT2D eigenvalue weighted by Crippen LogP contribution is 2.28. The lowest BCUT2D eigenvalue weighted by molar-refractivity contribution is -0.141. The fourth-order valence-electron chi connectivity index (χ4n) is 1.72. The molecule has 1 amide bonds. The number of benzene rings is 1. The number of anilines is 1. The predicted octanol–water partition coefficient (Wildman–Crippen LogP) is 3.59. The number of nitrogens with one attached hydrogen (secondary N) is 2. The number of carbonyl (C=O) groups excluding carboxylic acids is 1. The van der Waals surface area contributed by atoms with Crippen LogP contribution >= 0.6 is 0 Å². The smallest absolute Gasteiger partial charge is 0.432 e. The number of alkyl halides is 5. The number of halogens is 5. The zero-order chi connectivity index (χ0) is 17.2. The molecule has 1 aromatic heterocycles. The van der Waals surface area contributed by atoms with E-state index in [2.05, 4.69) is 15.2 Å². The predicted molar refractivity (Wildman–Crippen MR) is 69.4 cm³/mol. The molecule has 0 aliphatic carbocycles. The molecule has 0 fully saturated rings. The van der Waals surface area contributed by atoms with E-state index in [1.807, 2.05) is 0 Å². The highest BCUT2D eigenvalue weighted by molar-refractivity contribution is 6.03. The van der Waals surface area contributed by atoms with Crippen LogP contribution in [0.2, 0.25) is 0 Å². The molecular formula is C13H10F5N3O2. The van der Waals surface area contributed by atoms with E-state index in [-0.39, 0.29) is 11.4 Å². The zero-order valence-electron chi connectivity index (χ0n) is 11.5. The third kappa shape index (κ3) is 4.18. The number of ether oxygens (including phenoxy) is 1. The Bertz CT molecular complexity index is 712. The van der Waals surface area contributed by atoms with Crippen LogP contribution in [-0.2, 0) is 6.18 Å². The standard InChI is InChI=1S/C13H10F5N3O2/c1-6-4-7(23-12(14)15)2-3-8(6)19-11(22)9-5-10(21-20-9)13(16,17)18/h2-5,12H,1H3,(H,19,22)(H,20,21). The van der Waals surface area contributed by atoms with Gasteiger partial charge in [-0.15, -0.1) is 0 Å². The van der Waals surface area contributed by atoms with Crippen LogP contribution in [0.25, 0.3) is 0 Å². The topological polar surface area (TPSA) is 67.0 Å². The van der Waals surface area contributed by atoms with Crippen molar-refractivity contribution in [1.82, 2.24) is 10.2 Å². The number of hydrogen-bond acceptors (Lipinski definition) is 3. The highest BCUT2D eigenvalue weighted by Gasteiger charge is 2.33. The van der Waals surface area contributed by atoms with Crippen molar-refractivity contribution in [3.63, 3.8) is 0 Å². The number of aryl methyl sites for hydroxylation is 1. The van der Waals surface area contributed by atoms with Crippen LogP contribution in [0.3, 0.4) is 0 Å². The highest BCUT2D eigenvalue weighted by atomic mass is 19.4. The Morgan fingerprint density at radius 3 is 2.52 bits per heavy atom. The van der Waals surface area contributed by atoms with Gasteiger partial charge in [0.05, 0.1) is 0 Å². The largest absolute Gasteiger partial charge is 0.435 e. The quantitative estimate of drug-likeness (QED) is 0.839. The first-order valence-corrected chi connectivity index (χ1v) is 6.16. The molecule has 1 aromatic carbocycles. The summed E-state index contributed by atoms with van der Waals surface area (Å²) >= 11 is 0. The van der Waals surface area contributed by atoms with Crippen molar-refractivity contribution in [3.05, 3.63) is 41.2 Å². The molecule has 0 aliphatic rings. The Balaban J connectivity index is 2.12. The second-order valence-electron chi connectivity index (χ2n) is 4.47. The molecule has 10 heteroatoms. The van der Waals surface area contributed by atoms with E-state index in [1.165, 1.54) is 25.1 Å². The Morgan fingerprint density at radius 1 is 1.30 bits per heavy atom. The summed E-state index contributed by atoms with van der Waals surface area (Å²) in [4.78, 5) is 11.9. The van der Waals surface area contributed by atoms with E-state index in [0.717, 1.165) is 0 Å². The zero-order valence-corrected chi connectivity index (χ0v) is 11.5. The van der Waals surface area contributed by atoms with Crippen molar-refractivity contribution in [3.8, 4) is 5.75 Å². The summed E-state index contributed by atoms with van der Waals surface area (Å²) in [5, 5.41) is 7.34. The first kappa shape index (κ1) is 16.7. The van der Waals surface area contributed by atoms with E-state index in [1.54, 1.807) is 5.10 Å². The van der Waals surface area contributed by atoms with Crippen molar-refractivity contribution in [2.75, 3.05) is 5.32 Å². The van der Waals surface area contributed by atoms with Gasteiger partial charge in [0.2, 0.25) is 0 Å². The first-order chi connectivity index (χ1) is 10.7. The summed E-state index contributed by atoms with van der Waals surface area (Å²) in [5.74, 6) is -0.975. The first-order valence-electron chi connectivity index (χ1n) is 6.16. The fraction of sp³-hybridized carbons (Fsp3) is 0.231. The normalized spacial score (nSPS) is 11.6. The van der Waals surface area contributed by atoms with E-state index in [4.69, 9.17) is 0 Å². The molecular weight excluding hydrogens is 325 g/mol. The van der Waals surface area contributed by atoms with Gasteiger partial charge in [0.15, 0.2) is 5.69 Å². The van der Waals surface area contributed by atoms with Crippen LogP contribution in [0, 0.1) is 6.92 Å². The third-order valence-corrected chi connectivity index (χ3v) is 2.79. The molecule has 2 rings (SSSR count). The molecule has 1 heterocycles. The second kappa shape index (κ2) is 6.23. The van der Waals surface area contributed by atoms with E-state index in [0.29, 0.717) is 11.6 Å². The Kier molecular flexibility index (Phi) is 4.52. The molecule has 5 nitrogen and oxygen atoms in total. The van der Waals surface area contributed by atoms with Gasteiger partial charge in [-0.1, -0.05) is 0 Å². The molecule has 0 aliphatic heterocycles. The number of nitrogens with zero attached hydrogens (tertiary/aromatic N) is 1. The summed E-state index contributed by atoms with van der Waals surface area (Å²) in [6.45, 7) is -1.47. The van der Waals surface area contributed by atoms with Crippen molar-refractivity contribution in [2.24, 2.45) is 0 Å². The summed E-state index contributed by atoms with van der Waals surface area (Å²) < 4.78 is 65.6. The monoisotopic (exact) mass is 335 g/mol. The number of hydrogen-bond donors (Lipinski definition) is 2. The lowest BCUT2D eigenvalue weighted by Gasteiger charge is -2.10. The van der Waals surface area contributed by atoms with Crippen LogP contribution in [0.5, 0.6) is 5.75 Å². The van der Waals surface area contributed by atoms with Crippen LogP contribution in [0.4, 0.5) is 27.6 Å². The number of aromatic nitrogens is 2. The Morgan fingerprint density at radius 2 is 2.00 bits per heavy atom. The molecule has 0 spiro atoms. The van der Waals surface area contributed by atoms with Gasteiger partial charge < -0.3 is 10.1 Å². The van der Waals surface area contributed by atoms with Gasteiger partial charge in [-0.25, -0.2) is 0 Å². The lowest BCUT2D eigenvalue weighted by Crippen LogP contribution is -2.13. The van der Waals surface area contributed by atoms with Crippen molar-refractivity contribution < 1.29 is 31.5 Å². The number of rotatable bonds is 4. The molecule has 0 bridgehead atoms. The number of aromatic amines is 1. The lowest BCUT2D eigenvalue weighted by atomic mass is 10.2. The van der Waals surface area contributed by atoms with Gasteiger partial charge in [-0.2, -0.15) is 27.1 Å². The van der Waals surface area contributed by atoms with Gasteiger partial charge in [-0.3, -0.25) is 9.89 Å². The maximum atomic E-state index is 12.4. The van der Waals surface area contributed by atoms with Gasteiger partial charge in [0.25, 0.3) is 5.91 Å². The fourth-order valence-corrected chi connectivity index (χ4v) is 1.72. The third-order valence-electron chi connectivity index (χ3n) is 2.79. The summed E-state index contributed by atoms with van der Waals surface area (Å²) in [6, 6.07) is 4.31. The molecule has 2 aromatic rings. The minimum atomic E-state index is -4.64. The molecule has 0 saturated heterocycles. The summed E-state index contributed by atoms with van der Waals surface area (Å²) in [6.07, 6.45) is -4.64. The van der Waals surface area contributed by atoms with Crippen molar-refractivity contribution >= 4 is 11.6 Å². The summed E-state index contributed by atoms with van der Waals surface area (Å²) in [7, 11) is 0. The van der Waals surface area contributed by atoms with E-state index in [9.17, 15) is 26.7 Å². The minimum absolute atomic E-state index is 0.102. The van der Waals surface area contributed by atoms with E-state index < -0.39 is 30.1 Å². The van der Waals surface area contributed by atoms with Crippen molar-refractivity contribution in [2.45, 2.75) is 19.7 Å². The van der Waals surface area contributed by atoms with Crippen LogP contribution in [0.1, 0.15) is 21.7 Å². The van der Waals surface area contributed by atoms with Crippen LogP contribution in [0.15, 0.2) is 24.3 Å². The SMILES string of the molecule is Cc1cc(OC(F)F)ccc1NC(=O)c1cc(C(F)(F)F)[nH]n1. The van der Waals surface area contributed by atoms with Gasteiger partial charge in [0, 0.05) is 11.8 Å². The molecule has 23 heavy (non-hydrogen) atoms. The van der Waals surface area contributed by atoms with Gasteiger partial charge in [0.1, 0.15) is 11.4 Å². The van der Waals surface area contributed by atoms with Crippen LogP contribution < -0.4 is 10.1 Å². The van der Waals surface area contributed by atoms with Gasteiger partial charge >= 0.3 is 12.8 Å². The van der Waals surface area contributed by atoms with Gasteiger partial charge in [-0.05, 0) is 30.7 Å². The molecule has 124 valence electrons. The van der Waals surface area contributed by atoms with E-state index >= 15 is 0 Å². The molecule has 0 atom stereocenters. The molecule has 0 saturated carbocycles. The number of amides is 1. The number of carbonyl (C=O) groups is 1. The van der Waals surface area contributed by atoms with Crippen molar-refractivity contribution in [1.29, 1.82) is 0 Å². The van der Waals surface area contributed by atoms with Crippen LogP contribution in [-0.4, -0.2) is 22.7 Å². The Hall–Kier alpha value is -2.65. The maximum absolute atomic E-state index is 12.4. The molecule has 2 N–H and O–H groups in total. The molecule has 0 unspecified atom stereocenters. The minimum Gasteiger partial charge on any atom is -0.435 e. The number of H-pyrrole nitrogens is 1.